The minimum atomic E-state index is 0.248. The number of hydrogen-bond acceptors (Lipinski definition) is 4. The van der Waals surface area contributed by atoms with Crippen LogP contribution in [-0.4, -0.2) is 29.1 Å². The largest absolute Gasteiger partial charge is 0.481 e. The van der Waals surface area contributed by atoms with Crippen LogP contribution in [0.4, 0.5) is 0 Å². The van der Waals surface area contributed by atoms with Gasteiger partial charge in [-0.2, -0.15) is 11.8 Å². The number of rotatable bonds is 6. The zero-order chi connectivity index (χ0) is 11.1. The van der Waals surface area contributed by atoms with Crippen LogP contribution >= 0.6 is 11.8 Å². The molecular weight excluding hydrogens is 210 g/mol. The monoisotopic (exact) mass is 227 g/mol. The van der Waals surface area contributed by atoms with E-state index in [1.165, 1.54) is 0 Å². The fourth-order valence-corrected chi connectivity index (χ4v) is 2.17. The van der Waals surface area contributed by atoms with E-state index in [4.69, 9.17) is 9.84 Å². The molecule has 1 aromatic rings. The van der Waals surface area contributed by atoms with E-state index >= 15 is 0 Å². The zero-order valence-corrected chi connectivity index (χ0v) is 9.96. The fraction of sp³-hybridized carbons (Fsp3) is 0.545. The Balaban J connectivity index is 2.49. The number of hydrogen-bond donors (Lipinski definition) is 1. The fourth-order valence-electron chi connectivity index (χ4n) is 1.21. The number of methoxy groups -OCH3 is 1. The standard InChI is InChI=1S/C11H17NO2S/c1-9(5-7-13)15-8-10-4-3-6-12-11(10)14-2/h3-4,6,9,13H,5,7-8H2,1-2H3. The first-order valence-electron chi connectivity index (χ1n) is 4.98. The van der Waals surface area contributed by atoms with Crippen LogP contribution < -0.4 is 4.74 Å². The van der Waals surface area contributed by atoms with E-state index in [2.05, 4.69) is 11.9 Å². The lowest BCUT2D eigenvalue weighted by molar-refractivity contribution is 0.289. The van der Waals surface area contributed by atoms with Crippen molar-refractivity contribution in [3.63, 3.8) is 0 Å². The summed E-state index contributed by atoms with van der Waals surface area (Å²) in [7, 11) is 1.63. The molecule has 0 aliphatic carbocycles. The summed E-state index contributed by atoms with van der Waals surface area (Å²) in [5.74, 6) is 1.57. The van der Waals surface area contributed by atoms with Crippen molar-refractivity contribution in [3.8, 4) is 5.88 Å². The molecule has 0 fully saturated rings. The van der Waals surface area contributed by atoms with E-state index in [-0.39, 0.29) is 6.61 Å². The minimum absolute atomic E-state index is 0.248. The lowest BCUT2D eigenvalue weighted by Gasteiger charge is -2.10. The predicted molar refractivity (Wildman–Crippen MR) is 63.2 cm³/mol. The van der Waals surface area contributed by atoms with Gasteiger partial charge in [-0.15, -0.1) is 0 Å². The Labute approximate surface area is 94.9 Å². The van der Waals surface area contributed by atoms with Crippen molar-refractivity contribution in [3.05, 3.63) is 23.9 Å². The van der Waals surface area contributed by atoms with Gasteiger partial charge in [0.2, 0.25) is 5.88 Å². The van der Waals surface area contributed by atoms with Gasteiger partial charge in [-0.3, -0.25) is 0 Å². The maximum atomic E-state index is 8.78. The second-order valence-corrected chi connectivity index (χ2v) is 4.73. The van der Waals surface area contributed by atoms with Gasteiger partial charge in [-0.25, -0.2) is 4.98 Å². The summed E-state index contributed by atoms with van der Waals surface area (Å²) in [5.41, 5.74) is 1.11. The van der Waals surface area contributed by atoms with Crippen LogP contribution in [0.1, 0.15) is 18.9 Å². The molecule has 4 heteroatoms. The highest BCUT2D eigenvalue weighted by atomic mass is 32.2. The molecule has 0 radical (unpaired) electrons. The molecule has 0 spiro atoms. The first-order valence-corrected chi connectivity index (χ1v) is 6.03. The van der Waals surface area contributed by atoms with E-state index in [1.807, 2.05) is 12.1 Å². The molecule has 1 aromatic heterocycles. The summed E-state index contributed by atoms with van der Waals surface area (Å²) in [6, 6.07) is 3.93. The molecule has 0 aromatic carbocycles. The predicted octanol–water partition coefficient (Wildman–Crippen LogP) is 2.09. The third-order valence-corrected chi connectivity index (χ3v) is 3.38. The van der Waals surface area contributed by atoms with Crippen molar-refractivity contribution in [2.75, 3.05) is 13.7 Å². The van der Waals surface area contributed by atoms with Crippen LogP contribution in [0, 0.1) is 0 Å². The molecule has 3 nitrogen and oxygen atoms in total. The molecule has 1 unspecified atom stereocenters. The highest BCUT2D eigenvalue weighted by molar-refractivity contribution is 7.99. The molecule has 0 saturated heterocycles. The molecule has 1 N–H and O–H groups in total. The molecule has 15 heavy (non-hydrogen) atoms. The Morgan fingerprint density at radius 2 is 2.40 bits per heavy atom. The van der Waals surface area contributed by atoms with E-state index < -0.39 is 0 Å². The average Bonchev–Trinajstić information content (AvgIpc) is 2.27. The number of thioether (sulfide) groups is 1. The highest BCUT2D eigenvalue weighted by Gasteiger charge is 2.06. The quantitative estimate of drug-likeness (QED) is 0.808. The lowest BCUT2D eigenvalue weighted by atomic mass is 10.3. The van der Waals surface area contributed by atoms with Gasteiger partial charge in [0, 0.05) is 29.4 Å². The van der Waals surface area contributed by atoms with Gasteiger partial charge < -0.3 is 9.84 Å². The normalized spacial score (nSPS) is 12.5. The summed E-state index contributed by atoms with van der Waals surface area (Å²) >= 11 is 1.80. The molecule has 0 aliphatic rings. The van der Waals surface area contributed by atoms with Crippen molar-refractivity contribution in [1.82, 2.24) is 4.98 Å². The third kappa shape index (κ3) is 4.10. The number of ether oxygens (including phenoxy) is 1. The Hall–Kier alpha value is -0.740. The molecule has 1 rings (SSSR count). The van der Waals surface area contributed by atoms with Crippen molar-refractivity contribution < 1.29 is 9.84 Å². The first kappa shape index (κ1) is 12.3. The Morgan fingerprint density at radius 1 is 1.60 bits per heavy atom. The van der Waals surface area contributed by atoms with Crippen molar-refractivity contribution in [2.45, 2.75) is 24.3 Å². The van der Waals surface area contributed by atoms with Gasteiger partial charge in [0.15, 0.2) is 0 Å². The van der Waals surface area contributed by atoms with Crippen LogP contribution in [0.3, 0.4) is 0 Å². The van der Waals surface area contributed by atoms with Crippen molar-refractivity contribution in [2.24, 2.45) is 0 Å². The molecule has 0 amide bonds. The van der Waals surface area contributed by atoms with Crippen molar-refractivity contribution in [1.29, 1.82) is 0 Å². The molecule has 1 atom stereocenters. The van der Waals surface area contributed by atoms with Gasteiger partial charge in [-0.1, -0.05) is 13.0 Å². The second kappa shape index (κ2) is 6.69. The van der Waals surface area contributed by atoms with Gasteiger partial charge in [0.05, 0.1) is 7.11 Å². The van der Waals surface area contributed by atoms with Crippen LogP contribution in [0.2, 0.25) is 0 Å². The van der Waals surface area contributed by atoms with E-state index in [0.717, 1.165) is 17.7 Å². The molecule has 0 saturated carbocycles. The SMILES string of the molecule is COc1ncccc1CSC(C)CCO. The molecule has 0 aliphatic heterocycles. The number of aliphatic hydroxyl groups excluding tert-OH is 1. The third-order valence-electron chi connectivity index (χ3n) is 2.10. The van der Waals surface area contributed by atoms with E-state index in [0.29, 0.717) is 11.1 Å². The van der Waals surface area contributed by atoms with Gasteiger partial charge in [0.1, 0.15) is 0 Å². The summed E-state index contributed by atoms with van der Waals surface area (Å²) in [6.45, 7) is 2.36. The summed E-state index contributed by atoms with van der Waals surface area (Å²) in [4.78, 5) is 4.14. The maximum absolute atomic E-state index is 8.78. The molecule has 1 heterocycles. The lowest BCUT2D eigenvalue weighted by Crippen LogP contribution is -2.01. The Kier molecular flexibility index (Phi) is 5.50. The van der Waals surface area contributed by atoms with Crippen molar-refractivity contribution >= 4 is 11.8 Å². The van der Waals surface area contributed by atoms with Gasteiger partial charge in [-0.05, 0) is 12.5 Å². The number of aromatic nitrogens is 1. The Bertz CT molecular complexity index is 294. The summed E-state index contributed by atoms with van der Waals surface area (Å²) < 4.78 is 5.16. The summed E-state index contributed by atoms with van der Waals surface area (Å²) in [5, 5.41) is 9.24. The van der Waals surface area contributed by atoms with Crippen LogP contribution in [-0.2, 0) is 5.75 Å². The number of nitrogens with zero attached hydrogens (tertiary/aromatic N) is 1. The van der Waals surface area contributed by atoms with Crippen LogP contribution in [0.15, 0.2) is 18.3 Å². The summed E-state index contributed by atoms with van der Waals surface area (Å²) in [6.07, 6.45) is 2.55. The smallest absolute Gasteiger partial charge is 0.217 e. The zero-order valence-electron chi connectivity index (χ0n) is 9.14. The first-order chi connectivity index (χ1) is 7.27. The average molecular weight is 227 g/mol. The highest BCUT2D eigenvalue weighted by Crippen LogP contribution is 2.24. The minimum Gasteiger partial charge on any atom is -0.481 e. The van der Waals surface area contributed by atoms with Gasteiger partial charge >= 0.3 is 0 Å². The number of aliphatic hydroxyl groups is 1. The van der Waals surface area contributed by atoms with Crippen LogP contribution in [0.5, 0.6) is 5.88 Å². The topological polar surface area (TPSA) is 42.4 Å². The van der Waals surface area contributed by atoms with Gasteiger partial charge in [0.25, 0.3) is 0 Å². The molecular formula is C11H17NO2S. The van der Waals surface area contributed by atoms with E-state index in [1.54, 1.807) is 25.1 Å². The second-order valence-electron chi connectivity index (χ2n) is 3.31. The maximum Gasteiger partial charge on any atom is 0.217 e. The number of pyridine rings is 1. The van der Waals surface area contributed by atoms with E-state index in [9.17, 15) is 0 Å². The molecule has 0 bridgehead atoms. The molecule has 84 valence electrons. The Morgan fingerprint density at radius 3 is 3.07 bits per heavy atom. The van der Waals surface area contributed by atoms with Crippen LogP contribution in [0.25, 0.3) is 0 Å².